The maximum Gasteiger partial charge on any atom is 0.270 e. The molecule has 5 rings (SSSR count). The third-order valence-electron chi connectivity index (χ3n) is 5.47. The molecule has 3 heterocycles. The Morgan fingerprint density at radius 3 is 2.71 bits per heavy atom. The molecule has 0 bridgehead atoms. The van der Waals surface area contributed by atoms with Crippen molar-refractivity contribution in [3.05, 3.63) is 65.5 Å². The molecular formula is C21H17F2N3O2. The number of nitrogens with zero attached hydrogens (tertiary/aromatic N) is 2. The number of hydrogen-bond acceptors (Lipinski definition) is 3. The number of rotatable bonds is 2. The second-order valence-electron chi connectivity index (χ2n) is 7.16. The Bertz CT molecular complexity index is 1190. The molecule has 1 aliphatic heterocycles. The molecule has 28 heavy (non-hydrogen) atoms. The fraction of sp³-hybridized carbons (Fsp3) is 0.238. The number of piperidine rings is 1. The number of halogens is 2. The molecule has 1 aliphatic rings. The summed E-state index contributed by atoms with van der Waals surface area (Å²) in [6.45, 7) is 1.13. The van der Waals surface area contributed by atoms with Crippen LogP contribution in [0.1, 0.15) is 34.9 Å². The molecular weight excluding hydrogens is 364 g/mol. The molecule has 2 aromatic carbocycles. The lowest BCUT2D eigenvalue weighted by molar-refractivity contribution is 0.0707. The first-order chi connectivity index (χ1) is 13.6. The predicted octanol–water partition coefficient (Wildman–Crippen LogP) is 4.61. The number of carbonyl (C=O) groups excluding carboxylic acids is 1. The van der Waals surface area contributed by atoms with E-state index in [1.165, 1.54) is 18.2 Å². The van der Waals surface area contributed by atoms with E-state index in [2.05, 4.69) is 10.1 Å². The SMILES string of the molecule is O=C(c1cc2c(F)cccc2[nH]1)N1CCC(c2noc3cc(F)ccc23)CC1. The maximum atomic E-state index is 13.9. The number of amides is 1. The van der Waals surface area contributed by atoms with Crippen molar-refractivity contribution in [2.24, 2.45) is 0 Å². The number of hydrogen-bond donors (Lipinski definition) is 1. The van der Waals surface area contributed by atoms with Gasteiger partial charge in [0, 0.05) is 41.4 Å². The zero-order valence-electron chi connectivity index (χ0n) is 14.9. The highest BCUT2D eigenvalue weighted by molar-refractivity contribution is 5.98. The molecule has 1 fully saturated rings. The molecule has 0 unspecified atom stereocenters. The number of nitrogens with one attached hydrogen (secondary N) is 1. The Morgan fingerprint density at radius 2 is 1.93 bits per heavy atom. The van der Waals surface area contributed by atoms with Gasteiger partial charge < -0.3 is 14.4 Å². The summed E-state index contributed by atoms with van der Waals surface area (Å²) in [6.07, 6.45) is 1.47. The van der Waals surface area contributed by atoms with Crippen LogP contribution in [0.5, 0.6) is 0 Å². The van der Waals surface area contributed by atoms with Crippen molar-refractivity contribution in [1.29, 1.82) is 0 Å². The van der Waals surface area contributed by atoms with Gasteiger partial charge in [-0.1, -0.05) is 11.2 Å². The van der Waals surface area contributed by atoms with Gasteiger partial charge in [-0.05, 0) is 43.2 Å². The average Bonchev–Trinajstić information content (AvgIpc) is 3.32. The molecule has 5 nitrogen and oxygen atoms in total. The number of aromatic nitrogens is 2. The third kappa shape index (κ3) is 2.74. The Balaban J connectivity index is 1.33. The molecule has 1 saturated heterocycles. The second kappa shape index (κ2) is 6.44. The Kier molecular flexibility index (Phi) is 3.89. The fourth-order valence-electron chi connectivity index (χ4n) is 3.99. The van der Waals surface area contributed by atoms with Crippen molar-refractivity contribution in [3.8, 4) is 0 Å². The summed E-state index contributed by atoms with van der Waals surface area (Å²) in [5, 5.41) is 5.37. The number of aromatic amines is 1. The van der Waals surface area contributed by atoms with Crippen LogP contribution < -0.4 is 0 Å². The van der Waals surface area contributed by atoms with E-state index in [9.17, 15) is 13.6 Å². The van der Waals surface area contributed by atoms with Crippen molar-refractivity contribution in [2.75, 3.05) is 13.1 Å². The van der Waals surface area contributed by atoms with Crippen LogP contribution >= 0.6 is 0 Å². The van der Waals surface area contributed by atoms with E-state index in [1.54, 1.807) is 29.2 Å². The van der Waals surface area contributed by atoms with Crippen molar-refractivity contribution < 1.29 is 18.1 Å². The first-order valence-corrected chi connectivity index (χ1v) is 9.21. The molecule has 0 aliphatic carbocycles. The van der Waals surface area contributed by atoms with E-state index in [4.69, 9.17) is 4.52 Å². The van der Waals surface area contributed by atoms with Crippen LogP contribution in [-0.2, 0) is 0 Å². The van der Waals surface area contributed by atoms with Crippen molar-refractivity contribution >= 4 is 27.8 Å². The van der Waals surface area contributed by atoms with E-state index in [0.717, 1.165) is 23.9 Å². The topological polar surface area (TPSA) is 62.1 Å². The molecule has 1 amide bonds. The molecule has 0 saturated carbocycles. The largest absolute Gasteiger partial charge is 0.356 e. The van der Waals surface area contributed by atoms with Gasteiger partial charge >= 0.3 is 0 Å². The lowest BCUT2D eigenvalue weighted by Crippen LogP contribution is -2.38. The van der Waals surface area contributed by atoms with Crippen LogP contribution in [0, 0.1) is 11.6 Å². The quantitative estimate of drug-likeness (QED) is 0.552. The van der Waals surface area contributed by atoms with Crippen LogP contribution in [0.3, 0.4) is 0 Å². The van der Waals surface area contributed by atoms with Crippen LogP contribution in [0.15, 0.2) is 47.0 Å². The van der Waals surface area contributed by atoms with Crippen LogP contribution in [0.4, 0.5) is 8.78 Å². The highest BCUT2D eigenvalue weighted by atomic mass is 19.1. The molecule has 0 spiro atoms. The highest BCUT2D eigenvalue weighted by Gasteiger charge is 2.28. The van der Waals surface area contributed by atoms with Gasteiger partial charge in [0.25, 0.3) is 5.91 Å². The number of carbonyl (C=O) groups is 1. The second-order valence-corrected chi connectivity index (χ2v) is 7.16. The van der Waals surface area contributed by atoms with Gasteiger partial charge in [0.15, 0.2) is 5.58 Å². The fourth-order valence-corrected chi connectivity index (χ4v) is 3.99. The normalized spacial score (nSPS) is 15.6. The zero-order chi connectivity index (χ0) is 19.3. The van der Waals surface area contributed by atoms with Gasteiger partial charge in [0.05, 0.1) is 5.69 Å². The first kappa shape index (κ1) is 16.9. The average molecular weight is 381 g/mol. The minimum atomic E-state index is -0.356. The van der Waals surface area contributed by atoms with E-state index in [1.807, 2.05) is 0 Å². The van der Waals surface area contributed by atoms with Gasteiger partial charge in [0.1, 0.15) is 17.3 Å². The van der Waals surface area contributed by atoms with Gasteiger partial charge in [-0.25, -0.2) is 8.78 Å². The smallest absolute Gasteiger partial charge is 0.270 e. The molecule has 0 radical (unpaired) electrons. The lowest BCUT2D eigenvalue weighted by atomic mass is 9.91. The summed E-state index contributed by atoms with van der Waals surface area (Å²) in [5.41, 5.74) is 2.25. The Morgan fingerprint density at radius 1 is 1.11 bits per heavy atom. The Hall–Kier alpha value is -3.22. The predicted molar refractivity (Wildman–Crippen MR) is 100 cm³/mol. The van der Waals surface area contributed by atoms with Crippen LogP contribution in [-0.4, -0.2) is 34.0 Å². The monoisotopic (exact) mass is 381 g/mol. The number of H-pyrrole nitrogens is 1. The summed E-state index contributed by atoms with van der Waals surface area (Å²) in [4.78, 5) is 17.6. The molecule has 4 aromatic rings. The highest BCUT2D eigenvalue weighted by Crippen LogP contribution is 2.33. The van der Waals surface area contributed by atoms with Crippen LogP contribution in [0.25, 0.3) is 21.9 Å². The molecule has 142 valence electrons. The lowest BCUT2D eigenvalue weighted by Gasteiger charge is -2.31. The van der Waals surface area contributed by atoms with E-state index in [-0.39, 0.29) is 23.5 Å². The minimum Gasteiger partial charge on any atom is -0.356 e. The molecule has 1 N–H and O–H groups in total. The van der Waals surface area contributed by atoms with E-state index < -0.39 is 0 Å². The van der Waals surface area contributed by atoms with Crippen molar-refractivity contribution in [1.82, 2.24) is 15.0 Å². The number of benzene rings is 2. The van der Waals surface area contributed by atoms with E-state index in [0.29, 0.717) is 35.3 Å². The summed E-state index contributed by atoms with van der Waals surface area (Å²) < 4.78 is 32.5. The van der Waals surface area contributed by atoms with Crippen LogP contribution in [0.2, 0.25) is 0 Å². The maximum absolute atomic E-state index is 13.9. The van der Waals surface area contributed by atoms with Gasteiger partial charge in [-0.15, -0.1) is 0 Å². The summed E-state index contributed by atoms with van der Waals surface area (Å²) in [6, 6.07) is 10.7. The van der Waals surface area contributed by atoms with Gasteiger partial charge in [-0.3, -0.25) is 4.79 Å². The summed E-state index contributed by atoms with van der Waals surface area (Å²) in [7, 11) is 0. The van der Waals surface area contributed by atoms with E-state index >= 15 is 0 Å². The zero-order valence-corrected chi connectivity index (χ0v) is 14.9. The third-order valence-corrected chi connectivity index (χ3v) is 5.47. The molecule has 0 atom stereocenters. The van der Waals surface area contributed by atoms with Crippen molar-refractivity contribution in [2.45, 2.75) is 18.8 Å². The van der Waals surface area contributed by atoms with Gasteiger partial charge in [0.2, 0.25) is 0 Å². The molecule has 2 aromatic heterocycles. The molecule has 7 heteroatoms. The first-order valence-electron chi connectivity index (χ1n) is 9.21. The van der Waals surface area contributed by atoms with Gasteiger partial charge in [-0.2, -0.15) is 0 Å². The Labute approximate surface area is 158 Å². The number of fused-ring (bicyclic) bond motifs is 2. The minimum absolute atomic E-state index is 0.138. The summed E-state index contributed by atoms with van der Waals surface area (Å²) >= 11 is 0. The van der Waals surface area contributed by atoms with Crippen molar-refractivity contribution in [3.63, 3.8) is 0 Å². The summed E-state index contributed by atoms with van der Waals surface area (Å²) in [5.74, 6) is -0.691. The standard InChI is InChI=1S/C21H17F2N3O2/c22-13-4-5-14-19(10-13)28-25-20(14)12-6-8-26(9-7-12)21(27)18-11-15-16(23)2-1-3-17(15)24-18/h1-5,10-12,24H,6-9H2. The number of likely N-dealkylation sites (tertiary alicyclic amines) is 1.